The molecular weight excluding hydrogens is 1410 g/mol. The molecule has 646 valence electrons. The van der Waals surface area contributed by atoms with Crippen molar-refractivity contribution in [2.45, 2.75) is 465 Å². The molecule has 19 heteroatoms. The lowest BCUT2D eigenvalue weighted by Crippen LogP contribution is -2.66. The Morgan fingerprint density at radius 3 is 1.01 bits per heavy atom. The number of carbonyl (C=O) groups is 1. The van der Waals surface area contributed by atoms with Crippen molar-refractivity contribution in [1.29, 1.82) is 0 Å². The number of amides is 1. The maximum absolute atomic E-state index is 13.5. The van der Waals surface area contributed by atoms with E-state index >= 15 is 0 Å². The first-order valence-corrected chi connectivity index (χ1v) is 45.3. The van der Waals surface area contributed by atoms with E-state index in [0.717, 1.165) is 70.6 Å². The van der Waals surface area contributed by atoms with Gasteiger partial charge in [0.25, 0.3) is 0 Å². The van der Waals surface area contributed by atoms with E-state index in [1.165, 1.54) is 257 Å². The molecule has 0 aliphatic carbocycles. The molecule has 17 unspecified atom stereocenters. The molecular formula is C92H165NO18. The molecule has 1 amide bonds. The van der Waals surface area contributed by atoms with E-state index in [-0.39, 0.29) is 18.9 Å². The fraction of sp³-hybridized carbons (Fsp3) is 0.837. The van der Waals surface area contributed by atoms with Gasteiger partial charge in [-0.3, -0.25) is 4.79 Å². The number of aliphatic hydroxyl groups is 11. The van der Waals surface area contributed by atoms with Crippen molar-refractivity contribution in [3.05, 3.63) is 85.1 Å². The summed E-state index contributed by atoms with van der Waals surface area (Å²) in [7, 11) is 0. The molecule has 3 fully saturated rings. The SMILES string of the molecule is CC/C=C\C/C=C\C/C=C\C/C=C\C/C=C\CCCCCCCCCCCCCCCCCCCCCC(=O)NC(COC1OC(CO)C(OC2OC(CO)C(OC3OC(CO)C(O)C(O)C3O)C(O)C2O)C(O)C1O)C(O)/C=C/CC/C=C/CCCCCCCCCCCCCCCCCCCCCCCCCCC. The van der Waals surface area contributed by atoms with Crippen LogP contribution in [0.25, 0.3) is 0 Å². The van der Waals surface area contributed by atoms with Gasteiger partial charge in [-0.1, -0.05) is 362 Å². The van der Waals surface area contributed by atoms with Crippen molar-refractivity contribution in [2.24, 2.45) is 0 Å². The van der Waals surface area contributed by atoms with Gasteiger partial charge in [0.1, 0.15) is 73.2 Å². The summed E-state index contributed by atoms with van der Waals surface area (Å²) in [5.74, 6) is -0.281. The van der Waals surface area contributed by atoms with E-state index in [9.17, 15) is 61.0 Å². The van der Waals surface area contributed by atoms with Gasteiger partial charge in [-0.05, 0) is 77.0 Å². The second-order valence-corrected chi connectivity index (χ2v) is 32.0. The van der Waals surface area contributed by atoms with Crippen molar-refractivity contribution >= 4 is 5.91 Å². The van der Waals surface area contributed by atoms with E-state index in [2.05, 4.69) is 92.1 Å². The zero-order chi connectivity index (χ0) is 80.3. The molecule has 12 N–H and O–H groups in total. The van der Waals surface area contributed by atoms with Crippen LogP contribution in [-0.4, -0.2) is 193 Å². The molecule has 0 bridgehead atoms. The van der Waals surface area contributed by atoms with Crippen molar-refractivity contribution in [1.82, 2.24) is 5.32 Å². The summed E-state index contributed by atoms with van der Waals surface area (Å²) < 4.78 is 34.5. The van der Waals surface area contributed by atoms with Gasteiger partial charge in [0.05, 0.1) is 38.6 Å². The zero-order valence-electron chi connectivity index (χ0n) is 69.7. The van der Waals surface area contributed by atoms with Crippen LogP contribution in [0.5, 0.6) is 0 Å². The van der Waals surface area contributed by atoms with E-state index < -0.39 is 124 Å². The Hall–Kier alpha value is -3.03. The van der Waals surface area contributed by atoms with Crippen LogP contribution in [0.15, 0.2) is 85.1 Å². The van der Waals surface area contributed by atoms with Crippen LogP contribution >= 0.6 is 0 Å². The number of allylic oxidation sites excluding steroid dienone is 13. The van der Waals surface area contributed by atoms with E-state index in [4.69, 9.17) is 28.4 Å². The van der Waals surface area contributed by atoms with Crippen LogP contribution in [0.3, 0.4) is 0 Å². The molecule has 3 aliphatic heterocycles. The number of unbranched alkanes of at least 4 members (excludes halogenated alkanes) is 45. The number of hydrogen-bond acceptors (Lipinski definition) is 18. The van der Waals surface area contributed by atoms with Crippen LogP contribution in [0, 0.1) is 0 Å². The number of nitrogens with one attached hydrogen (secondary N) is 1. The molecule has 0 saturated carbocycles. The number of hydrogen-bond donors (Lipinski definition) is 12. The maximum atomic E-state index is 13.5. The van der Waals surface area contributed by atoms with E-state index in [1.807, 2.05) is 6.08 Å². The van der Waals surface area contributed by atoms with Crippen LogP contribution in [0.1, 0.15) is 361 Å². The monoisotopic (exact) mass is 1570 g/mol. The largest absolute Gasteiger partial charge is 0.394 e. The van der Waals surface area contributed by atoms with Crippen molar-refractivity contribution in [3.8, 4) is 0 Å². The lowest BCUT2D eigenvalue weighted by Gasteiger charge is -2.48. The summed E-state index contributed by atoms with van der Waals surface area (Å²) in [4.78, 5) is 13.5. The molecule has 3 aliphatic rings. The third kappa shape index (κ3) is 49.7. The van der Waals surface area contributed by atoms with Gasteiger partial charge in [0.15, 0.2) is 18.9 Å². The zero-order valence-corrected chi connectivity index (χ0v) is 69.7. The van der Waals surface area contributed by atoms with Crippen LogP contribution < -0.4 is 5.32 Å². The quantitative estimate of drug-likeness (QED) is 0.0199. The molecule has 3 heterocycles. The highest BCUT2D eigenvalue weighted by Gasteiger charge is 2.54. The van der Waals surface area contributed by atoms with Crippen LogP contribution in [-0.2, 0) is 33.2 Å². The third-order valence-electron chi connectivity index (χ3n) is 22.2. The van der Waals surface area contributed by atoms with Crippen molar-refractivity contribution in [3.63, 3.8) is 0 Å². The van der Waals surface area contributed by atoms with Gasteiger partial charge in [0.2, 0.25) is 5.91 Å². The number of ether oxygens (including phenoxy) is 6. The molecule has 111 heavy (non-hydrogen) atoms. The molecule has 19 nitrogen and oxygen atoms in total. The Kier molecular flexibility index (Phi) is 65.4. The lowest BCUT2D eigenvalue weighted by molar-refractivity contribution is -0.379. The standard InChI is InChI=1S/C92H165NO18/c1-3-5-7-9-11-13-15-17-19-21-23-25-27-29-31-33-35-36-37-38-40-42-44-46-48-50-52-54-56-58-60-62-64-66-68-70-80(98)93-75(76(97)69-67-65-63-61-59-57-55-53-51-49-47-45-43-41-39-34-32-30-28-26-24-22-20-18-16-14-12-10-8-6-4-2)74-106-90-86(104)83(101)88(78(72-95)108-90)111-92-87(105)84(102)89(79(73-96)109-92)110-91-85(103)82(100)81(99)77(71-94)107-91/h5,7,11,13,17,19,23,25,29,31,59,61,67,69,75-79,81-92,94-97,99-105H,3-4,6,8-10,12,14-16,18,20-22,24,26-28,30,32-58,60,62-66,68,70-74H2,1-2H3,(H,93,98)/b7-5-,13-11-,19-17-,25-23-,31-29-,61-59+,69-67+. The highest BCUT2D eigenvalue weighted by atomic mass is 16.8. The normalized spacial score (nSPS) is 25.4. The minimum atomic E-state index is -1.98. The molecule has 0 radical (unpaired) electrons. The molecule has 0 aromatic heterocycles. The minimum absolute atomic E-state index is 0.235. The average Bonchev–Trinajstić information content (AvgIpc) is 0.780. The van der Waals surface area contributed by atoms with Crippen molar-refractivity contribution in [2.75, 3.05) is 26.4 Å². The average molecular weight is 1570 g/mol. The Bertz CT molecular complexity index is 2330. The van der Waals surface area contributed by atoms with Gasteiger partial charge >= 0.3 is 0 Å². The summed E-state index contributed by atoms with van der Waals surface area (Å²) in [6, 6.07) is -0.995. The fourth-order valence-electron chi connectivity index (χ4n) is 15.0. The smallest absolute Gasteiger partial charge is 0.220 e. The topological polar surface area (TPSA) is 307 Å². The predicted octanol–water partition coefficient (Wildman–Crippen LogP) is 17.3. The lowest BCUT2D eigenvalue weighted by atomic mass is 9.96. The maximum Gasteiger partial charge on any atom is 0.220 e. The summed E-state index contributed by atoms with van der Waals surface area (Å²) in [5, 5.41) is 121. The Morgan fingerprint density at radius 1 is 0.333 bits per heavy atom. The molecule has 0 aromatic rings. The molecule has 0 aromatic carbocycles. The first-order valence-electron chi connectivity index (χ1n) is 45.3. The number of carbonyl (C=O) groups excluding carboxylic acids is 1. The summed E-state index contributed by atoms with van der Waals surface area (Å²) in [6.45, 7) is 1.65. The molecule has 17 atom stereocenters. The minimum Gasteiger partial charge on any atom is -0.394 e. The third-order valence-corrected chi connectivity index (χ3v) is 22.2. The summed E-state index contributed by atoms with van der Waals surface area (Å²) >= 11 is 0. The second-order valence-electron chi connectivity index (χ2n) is 32.0. The van der Waals surface area contributed by atoms with Gasteiger partial charge in [-0.15, -0.1) is 0 Å². The van der Waals surface area contributed by atoms with Gasteiger partial charge in [-0.25, -0.2) is 0 Å². The molecule has 0 spiro atoms. The van der Waals surface area contributed by atoms with Gasteiger partial charge < -0.3 is 89.9 Å². The highest BCUT2D eigenvalue weighted by molar-refractivity contribution is 5.76. The van der Waals surface area contributed by atoms with Crippen molar-refractivity contribution < 1.29 is 89.4 Å². The van der Waals surface area contributed by atoms with E-state index in [1.54, 1.807) is 6.08 Å². The first-order chi connectivity index (χ1) is 54.3. The summed E-state index contributed by atoms with van der Waals surface area (Å²) in [5.41, 5.74) is 0. The second kappa shape index (κ2) is 71.1. The van der Waals surface area contributed by atoms with Gasteiger partial charge in [0, 0.05) is 6.42 Å². The predicted molar refractivity (Wildman–Crippen MR) is 448 cm³/mol. The highest BCUT2D eigenvalue weighted by Crippen LogP contribution is 2.34. The van der Waals surface area contributed by atoms with Crippen LogP contribution in [0.2, 0.25) is 0 Å². The van der Waals surface area contributed by atoms with Crippen LogP contribution in [0.4, 0.5) is 0 Å². The Morgan fingerprint density at radius 2 is 0.631 bits per heavy atom. The Labute approximate surface area is 673 Å². The van der Waals surface area contributed by atoms with E-state index in [0.29, 0.717) is 12.8 Å². The molecule has 3 rings (SSSR count). The Balaban J connectivity index is 1.33. The number of rotatable bonds is 73. The summed E-state index contributed by atoms with van der Waals surface area (Å²) in [6.07, 6.45) is 70.2. The fourth-order valence-corrected chi connectivity index (χ4v) is 15.0. The first kappa shape index (κ1) is 102. The molecule has 3 saturated heterocycles. The van der Waals surface area contributed by atoms with Gasteiger partial charge in [-0.2, -0.15) is 0 Å². The number of aliphatic hydroxyl groups excluding tert-OH is 11.